The number of hydrogen-bond donors (Lipinski definition) is 2. The Kier molecular flexibility index (Phi) is 4.30. The molecule has 5 heteroatoms. The largest absolute Gasteiger partial charge is 0.307 e. The number of nitrogens with zero attached hydrogens (tertiary/aromatic N) is 2. The van der Waals surface area contributed by atoms with Gasteiger partial charge in [0.2, 0.25) is 5.91 Å². The molecule has 0 aliphatic rings. The maximum atomic E-state index is 11.8. The topological polar surface area (TPSA) is 81.6 Å². The number of benzene rings is 1. The van der Waals surface area contributed by atoms with Gasteiger partial charge in [-0.1, -0.05) is 19.1 Å². The standard InChI is InChI=1S/C15H14N4O/c1-2-13-10-17-19-15(13)18-14(20)8-7-11-3-5-12(9-16)6-4-11/h3-8,10H,2H2,1H3,(H2,17,18,19,20)/b8-7+. The van der Waals surface area contributed by atoms with Crippen LogP contribution in [0.4, 0.5) is 5.82 Å². The number of rotatable bonds is 4. The van der Waals surface area contributed by atoms with Crippen molar-refractivity contribution in [3.05, 3.63) is 53.2 Å². The Labute approximate surface area is 116 Å². The maximum absolute atomic E-state index is 11.8. The number of aryl methyl sites for hydroxylation is 1. The molecule has 2 aromatic rings. The molecule has 0 spiro atoms. The van der Waals surface area contributed by atoms with E-state index in [4.69, 9.17) is 5.26 Å². The summed E-state index contributed by atoms with van der Waals surface area (Å²) in [4.78, 5) is 11.8. The van der Waals surface area contributed by atoms with Gasteiger partial charge >= 0.3 is 0 Å². The fraction of sp³-hybridized carbons (Fsp3) is 0.133. The Morgan fingerprint density at radius 2 is 2.20 bits per heavy atom. The third-order valence-corrected chi connectivity index (χ3v) is 2.81. The van der Waals surface area contributed by atoms with E-state index in [1.54, 1.807) is 36.5 Å². The Bertz CT molecular complexity index is 662. The number of nitriles is 1. The van der Waals surface area contributed by atoms with Crippen LogP contribution in [-0.2, 0) is 11.2 Å². The van der Waals surface area contributed by atoms with Gasteiger partial charge < -0.3 is 5.32 Å². The highest BCUT2D eigenvalue weighted by molar-refractivity contribution is 6.01. The van der Waals surface area contributed by atoms with E-state index in [0.717, 1.165) is 17.5 Å². The van der Waals surface area contributed by atoms with Crippen LogP contribution in [0.1, 0.15) is 23.6 Å². The number of aromatic nitrogens is 2. The van der Waals surface area contributed by atoms with Crippen molar-refractivity contribution < 1.29 is 4.79 Å². The summed E-state index contributed by atoms with van der Waals surface area (Å²) in [6, 6.07) is 9.04. The second kappa shape index (κ2) is 6.34. The van der Waals surface area contributed by atoms with Crippen LogP contribution >= 0.6 is 0 Å². The third-order valence-electron chi connectivity index (χ3n) is 2.81. The number of carbonyl (C=O) groups is 1. The van der Waals surface area contributed by atoms with Gasteiger partial charge in [-0.05, 0) is 30.2 Å². The van der Waals surface area contributed by atoms with Crippen LogP contribution in [0.15, 0.2) is 36.5 Å². The Morgan fingerprint density at radius 3 is 2.85 bits per heavy atom. The van der Waals surface area contributed by atoms with E-state index in [-0.39, 0.29) is 5.91 Å². The van der Waals surface area contributed by atoms with E-state index in [0.29, 0.717) is 11.4 Å². The summed E-state index contributed by atoms with van der Waals surface area (Å²) >= 11 is 0. The lowest BCUT2D eigenvalue weighted by molar-refractivity contribution is -0.111. The first-order valence-electron chi connectivity index (χ1n) is 6.24. The van der Waals surface area contributed by atoms with Crippen LogP contribution in [0.25, 0.3) is 6.08 Å². The van der Waals surface area contributed by atoms with Gasteiger partial charge in [-0.3, -0.25) is 9.89 Å². The third kappa shape index (κ3) is 3.33. The van der Waals surface area contributed by atoms with E-state index in [9.17, 15) is 4.79 Å². The highest BCUT2D eigenvalue weighted by atomic mass is 16.1. The quantitative estimate of drug-likeness (QED) is 0.834. The van der Waals surface area contributed by atoms with Crippen molar-refractivity contribution in [2.45, 2.75) is 13.3 Å². The van der Waals surface area contributed by atoms with Crippen molar-refractivity contribution in [3.8, 4) is 6.07 Å². The zero-order chi connectivity index (χ0) is 14.4. The van der Waals surface area contributed by atoms with Crippen LogP contribution in [-0.4, -0.2) is 16.1 Å². The molecule has 2 rings (SSSR count). The van der Waals surface area contributed by atoms with E-state index in [1.165, 1.54) is 6.08 Å². The fourth-order valence-corrected chi connectivity index (χ4v) is 1.69. The number of aromatic amines is 1. The zero-order valence-corrected chi connectivity index (χ0v) is 11.1. The predicted octanol–water partition coefficient (Wildman–Crippen LogP) is 2.50. The number of hydrogen-bond acceptors (Lipinski definition) is 3. The van der Waals surface area contributed by atoms with Gasteiger partial charge in [-0.2, -0.15) is 10.4 Å². The minimum absolute atomic E-state index is 0.228. The van der Waals surface area contributed by atoms with Gasteiger partial charge in [-0.25, -0.2) is 0 Å². The molecule has 1 heterocycles. The molecule has 0 unspecified atom stereocenters. The predicted molar refractivity (Wildman–Crippen MR) is 76.8 cm³/mol. The molecule has 0 aliphatic heterocycles. The van der Waals surface area contributed by atoms with Gasteiger partial charge in [0, 0.05) is 11.6 Å². The Morgan fingerprint density at radius 1 is 1.45 bits per heavy atom. The van der Waals surface area contributed by atoms with Crippen LogP contribution in [0.5, 0.6) is 0 Å². The molecule has 0 aliphatic carbocycles. The summed E-state index contributed by atoms with van der Waals surface area (Å²) in [5.41, 5.74) is 2.42. The summed E-state index contributed by atoms with van der Waals surface area (Å²) in [6.07, 6.45) is 5.63. The second-order valence-electron chi connectivity index (χ2n) is 4.18. The van der Waals surface area contributed by atoms with E-state index in [2.05, 4.69) is 15.5 Å². The molecule has 0 saturated carbocycles. The lowest BCUT2D eigenvalue weighted by Crippen LogP contribution is -2.09. The second-order valence-corrected chi connectivity index (χ2v) is 4.18. The van der Waals surface area contributed by atoms with Crippen molar-refractivity contribution in [3.63, 3.8) is 0 Å². The molecule has 0 radical (unpaired) electrons. The molecule has 0 fully saturated rings. The molecule has 1 amide bonds. The van der Waals surface area contributed by atoms with Gasteiger partial charge in [-0.15, -0.1) is 0 Å². The van der Waals surface area contributed by atoms with Gasteiger partial charge in [0.1, 0.15) is 5.82 Å². The summed E-state index contributed by atoms with van der Waals surface area (Å²) in [5, 5.41) is 18.1. The maximum Gasteiger partial charge on any atom is 0.249 e. The summed E-state index contributed by atoms with van der Waals surface area (Å²) in [6.45, 7) is 1.99. The monoisotopic (exact) mass is 266 g/mol. The minimum atomic E-state index is -0.228. The first-order chi connectivity index (χ1) is 9.72. The van der Waals surface area contributed by atoms with Crippen LogP contribution in [0.3, 0.4) is 0 Å². The summed E-state index contributed by atoms with van der Waals surface area (Å²) < 4.78 is 0. The number of nitrogens with one attached hydrogen (secondary N) is 2. The van der Waals surface area contributed by atoms with Crippen LogP contribution in [0.2, 0.25) is 0 Å². The molecule has 5 nitrogen and oxygen atoms in total. The van der Waals surface area contributed by atoms with Gasteiger partial charge in [0.05, 0.1) is 17.8 Å². The zero-order valence-electron chi connectivity index (χ0n) is 11.1. The Hall–Kier alpha value is -2.87. The van der Waals surface area contributed by atoms with Gasteiger partial charge in [0.25, 0.3) is 0 Å². The highest BCUT2D eigenvalue weighted by Gasteiger charge is 2.04. The molecule has 0 bridgehead atoms. The SMILES string of the molecule is CCc1cn[nH]c1NC(=O)/C=C/c1ccc(C#N)cc1. The average molecular weight is 266 g/mol. The van der Waals surface area contributed by atoms with E-state index < -0.39 is 0 Å². The molecular weight excluding hydrogens is 252 g/mol. The molecule has 1 aromatic carbocycles. The Balaban J connectivity index is 2.00. The normalized spacial score (nSPS) is 10.4. The van der Waals surface area contributed by atoms with Crippen molar-refractivity contribution >= 4 is 17.8 Å². The van der Waals surface area contributed by atoms with Crippen LogP contribution in [0, 0.1) is 11.3 Å². The molecule has 1 aromatic heterocycles. The highest BCUT2D eigenvalue weighted by Crippen LogP contribution is 2.11. The van der Waals surface area contributed by atoms with Crippen LogP contribution < -0.4 is 5.32 Å². The first kappa shape index (κ1) is 13.6. The molecule has 0 saturated heterocycles. The molecule has 0 atom stereocenters. The van der Waals surface area contributed by atoms with Crippen molar-refractivity contribution in [1.29, 1.82) is 5.26 Å². The number of H-pyrrole nitrogens is 1. The lowest BCUT2D eigenvalue weighted by Gasteiger charge is -2.00. The van der Waals surface area contributed by atoms with E-state index in [1.807, 2.05) is 13.0 Å². The van der Waals surface area contributed by atoms with E-state index >= 15 is 0 Å². The summed E-state index contributed by atoms with van der Waals surface area (Å²) in [7, 11) is 0. The fourth-order valence-electron chi connectivity index (χ4n) is 1.69. The van der Waals surface area contributed by atoms with Crippen molar-refractivity contribution in [2.24, 2.45) is 0 Å². The molecule has 2 N–H and O–H groups in total. The smallest absolute Gasteiger partial charge is 0.249 e. The van der Waals surface area contributed by atoms with Gasteiger partial charge in [0.15, 0.2) is 0 Å². The summed E-state index contributed by atoms with van der Waals surface area (Å²) in [5.74, 6) is 0.398. The minimum Gasteiger partial charge on any atom is -0.307 e. The molecular formula is C15H14N4O. The molecule has 100 valence electrons. The molecule has 20 heavy (non-hydrogen) atoms. The lowest BCUT2D eigenvalue weighted by atomic mass is 10.1. The number of carbonyl (C=O) groups excluding carboxylic acids is 1. The first-order valence-corrected chi connectivity index (χ1v) is 6.24. The van der Waals surface area contributed by atoms with Crippen molar-refractivity contribution in [2.75, 3.05) is 5.32 Å². The average Bonchev–Trinajstić information content (AvgIpc) is 2.92. The number of anilines is 1. The van der Waals surface area contributed by atoms with Crippen molar-refractivity contribution in [1.82, 2.24) is 10.2 Å². The number of amides is 1.